The third-order valence-electron chi connectivity index (χ3n) is 4.09. The van der Waals surface area contributed by atoms with Crippen molar-refractivity contribution in [2.24, 2.45) is 0 Å². The van der Waals surface area contributed by atoms with E-state index in [0.29, 0.717) is 32.5 Å². The predicted octanol–water partition coefficient (Wildman–Crippen LogP) is 2.02. The van der Waals surface area contributed by atoms with E-state index in [1.165, 1.54) is 0 Å². The molecule has 1 aliphatic heterocycles. The summed E-state index contributed by atoms with van der Waals surface area (Å²) in [5.74, 6) is 0.878. The molecule has 0 radical (unpaired) electrons. The lowest BCUT2D eigenvalue weighted by Crippen LogP contribution is -2.42. The summed E-state index contributed by atoms with van der Waals surface area (Å²) in [6, 6.07) is 5.82. The highest BCUT2D eigenvalue weighted by Gasteiger charge is 2.26. The summed E-state index contributed by atoms with van der Waals surface area (Å²) in [5.41, 5.74) is 2.85. The summed E-state index contributed by atoms with van der Waals surface area (Å²) in [4.78, 5) is 27.2. The Balaban J connectivity index is 1.61. The number of aromatic nitrogens is 3. The maximum Gasteiger partial charge on any atom is 0.223 e. The third kappa shape index (κ3) is 4.14. The number of carbonyl (C=O) groups is 1. The number of ether oxygens (including phenoxy) is 1. The lowest BCUT2D eigenvalue weighted by Gasteiger charge is -2.33. The number of rotatable bonds is 4. The molecule has 1 aliphatic rings. The molecule has 3 heterocycles. The molecule has 126 valence electrons. The fourth-order valence-corrected chi connectivity index (χ4v) is 2.92. The topological polar surface area (TPSA) is 68.2 Å². The first-order chi connectivity index (χ1) is 11.6. The van der Waals surface area contributed by atoms with Gasteiger partial charge in [-0.3, -0.25) is 9.78 Å². The molecule has 0 aliphatic carbocycles. The average Bonchev–Trinajstić information content (AvgIpc) is 2.60. The summed E-state index contributed by atoms with van der Waals surface area (Å²) in [5, 5.41) is 0. The fraction of sp³-hybridized carbons (Fsp3) is 0.444. The number of pyridine rings is 1. The molecule has 1 saturated heterocycles. The number of carbonyl (C=O) groups excluding carboxylic acids is 1. The molecule has 2 aromatic rings. The Hall–Kier alpha value is -2.34. The molecule has 6 nitrogen and oxygen atoms in total. The predicted molar refractivity (Wildman–Crippen MR) is 89.3 cm³/mol. The summed E-state index contributed by atoms with van der Waals surface area (Å²) in [6.07, 6.45) is 4.56. The normalized spacial score (nSPS) is 17.8. The molecule has 0 N–H and O–H groups in total. The van der Waals surface area contributed by atoms with Crippen molar-refractivity contribution in [3.8, 4) is 0 Å². The van der Waals surface area contributed by atoms with E-state index in [0.717, 1.165) is 22.8 Å². The Morgan fingerprint density at radius 1 is 1.38 bits per heavy atom. The lowest BCUT2D eigenvalue weighted by atomic mass is 10.1. The number of aryl methyl sites for hydroxylation is 3. The lowest BCUT2D eigenvalue weighted by molar-refractivity contribution is -0.139. The summed E-state index contributed by atoms with van der Waals surface area (Å²) in [7, 11) is 0. The van der Waals surface area contributed by atoms with E-state index in [1.807, 2.05) is 43.1 Å². The van der Waals surface area contributed by atoms with Gasteiger partial charge in [-0.05, 0) is 38.0 Å². The van der Waals surface area contributed by atoms with Gasteiger partial charge in [-0.1, -0.05) is 6.07 Å². The number of amides is 1. The Kier molecular flexibility index (Phi) is 5.15. The molecule has 1 amide bonds. The summed E-state index contributed by atoms with van der Waals surface area (Å²) < 4.78 is 5.82. The zero-order valence-electron chi connectivity index (χ0n) is 14.1. The van der Waals surface area contributed by atoms with E-state index in [2.05, 4.69) is 15.0 Å². The largest absolute Gasteiger partial charge is 0.368 e. The molecule has 24 heavy (non-hydrogen) atoms. The van der Waals surface area contributed by atoms with Gasteiger partial charge in [-0.15, -0.1) is 0 Å². The second kappa shape index (κ2) is 7.49. The van der Waals surface area contributed by atoms with E-state index < -0.39 is 0 Å². The minimum atomic E-state index is -0.179. The van der Waals surface area contributed by atoms with Crippen LogP contribution < -0.4 is 0 Å². The first-order valence-electron chi connectivity index (χ1n) is 8.22. The zero-order valence-corrected chi connectivity index (χ0v) is 14.1. The van der Waals surface area contributed by atoms with Gasteiger partial charge >= 0.3 is 0 Å². The highest BCUT2D eigenvalue weighted by molar-refractivity contribution is 5.76. The van der Waals surface area contributed by atoms with Gasteiger partial charge < -0.3 is 9.64 Å². The minimum Gasteiger partial charge on any atom is -0.368 e. The molecular weight excluding hydrogens is 304 g/mol. The number of hydrogen-bond donors (Lipinski definition) is 0. The average molecular weight is 326 g/mol. The van der Waals surface area contributed by atoms with Crippen molar-refractivity contribution in [1.29, 1.82) is 0 Å². The summed E-state index contributed by atoms with van der Waals surface area (Å²) in [6.45, 7) is 5.52. The first-order valence-corrected chi connectivity index (χ1v) is 8.22. The van der Waals surface area contributed by atoms with Crippen molar-refractivity contribution in [1.82, 2.24) is 19.9 Å². The maximum atomic E-state index is 12.5. The van der Waals surface area contributed by atoms with Crippen LogP contribution in [0.4, 0.5) is 0 Å². The minimum absolute atomic E-state index is 0.148. The van der Waals surface area contributed by atoms with Crippen LogP contribution in [0.1, 0.15) is 35.3 Å². The van der Waals surface area contributed by atoms with Crippen molar-refractivity contribution in [2.75, 3.05) is 19.7 Å². The van der Waals surface area contributed by atoms with Crippen LogP contribution in [0.25, 0.3) is 0 Å². The van der Waals surface area contributed by atoms with E-state index in [4.69, 9.17) is 4.74 Å². The molecule has 6 heteroatoms. The number of nitrogens with zero attached hydrogens (tertiary/aromatic N) is 4. The summed E-state index contributed by atoms with van der Waals surface area (Å²) >= 11 is 0. The van der Waals surface area contributed by atoms with Gasteiger partial charge in [0.05, 0.1) is 18.8 Å². The molecule has 1 unspecified atom stereocenters. The van der Waals surface area contributed by atoms with Crippen LogP contribution in [0.5, 0.6) is 0 Å². The van der Waals surface area contributed by atoms with Gasteiger partial charge in [-0.2, -0.15) is 0 Å². The van der Waals surface area contributed by atoms with E-state index in [-0.39, 0.29) is 12.0 Å². The maximum absolute atomic E-state index is 12.5. The number of morpholine rings is 1. The molecule has 2 aromatic heterocycles. The Morgan fingerprint density at radius 3 is 3.00 bits per heavy atom. The molecule has 1 fully saturated rings. The SMILES string of the molecule is Cc1cc(C2CN(C(=O)CCc3cccnc3)CCO2)nc(C)n1. The zero-order chi connectivity index (χ0) is 16.9. The molecular formula is C18H22N4O2. The van der Waals surface area contributed by atoms with E-state index in [9.17, 15) is 4.79 Å². The van der Waals surface area contributed by atoms with Gasteiger partial charge in [0.15, 0.2) is 0 Å². The van der Waals surface area contributed by atoms with Crippen molar-refractivity contribution in [3.63, 3.8) is 0 Å². The van der Waals surface area contributed by atoms with Crippen LogP contribution in [0.15, 0.2) is 30.6 Å². The van der Waals surface area contributed by atoms with Crippen LogP contribution in [-0.2, 0) is 16.0 Å². The van der Waals surface area contributed by atoms with Crippen molar-refractivity contribution in [3.05, 3.63) is 53.4 Å². The highest BCUT2D eigenvalue weighted by atomic mass is 16.5. The number of hydrogen-bond acceptors (Lipinski definition) is 5. The molecule has 0 bridgehead atoms. The van der Waals surface area contributed by atoms with Crippen LogP contribution in [0, 0.1) is 13.8 Å². The standard InChI is InChI=1S/C18H22N4O2/c1-13-10-16(21-14(2)20-13)17-12-22(8-9-24-17)18(23)6-5-15-4-3-7-19-11-15/h3-4,7,10-11,17H,5-6,8-9,12H2,1-2H3. The highest BCUT2D eigenvalue weighted by Crippen LogP contribution is 2.22. The quantitative estimate of drug-likeness (QED) is 0.860. The molecule has 0 saturated carbocycles. The van der Waals surface area contributed by atoms with Gasteiger partial charge in [0.1, 0.15) is 11.9 Å². The van der Waals surface area contributed by atoms with Gasteiger partial charge in [0.2, 0.25) is 5.91 Å². The molecule has 1 atom stereocenters. The van der Waals surface area contributed by atoms with Gasteiger partial charge in [-0.25, -0.2) is 9.97 Å². The second-order valence-corrected chi connectivity index (χ2v) is 6.04. The monoisotopic (exact) mass is 326 g/mol. The van der Waals surface area contributed by atoms with E-state index >= 15 is 0 Å². The Morgan fingerprint density at radius 2 is 2.25 bits per heavy atom. The smallest absolute Gasteiger partial charge is 0.223 e. The Bertz CT molecular complexity index is 685. The van der Waals surface area contributed by atoms with Crippen LogP contribution in [0.2, 0.25) is 0 Å². The molecule has 0 spiro atoms. The van der Waals surface area contributed by atoms with Crippen LogP contribution >= 0.6 is 0 Å². The van der Waals surface area contributed by atoms with Gasteiger partial charge in [0.25, 0.3) is 0 Å². The van der Waals surface area contributed by atoms with Crippen LogP contribution in [-0.4, -0.2) is 45.5 Å². The van der Waals surface area contributed by atoms with Crippen LogP contribution in [0.3, 0.4) is 0 Å². The second-order valence-electron chi connectivity index (χ2n) is 6.04. The first kappa shape index (κ1) is 16.5. The Labute approximate surface area is 141 Å². The van der Waals surface area contributed by atoms with Crippen molar-refractivity contribution < 1.29 is 9.53 Å². The fourth-order valence-electron chi connectivity index (χ4n) is 2.92. The van der Waals surface area contributed by atoms with E-state index in [1.54, 1.807) is 6.20 Å². The molecule has 3 rings (SSSR count). The molecule has 0 aromatic carbocycles. The van der Waals surface area contributed by atoms with Crippen molar-refractivity contribution in [2.45, 2.75) is 32.8 Å². The van der Waals surface area contributed by atoms with Gasteiger partial charge in [0, 0.05) is 31.1 Å². The third-order valence-corrected chi connectivity index (χ3v) is 4.09. The van der Waals surface area contributed by atoms with Crippen molar-refractivity contribution >= 4 is 5.91 Å².